The van der Waals surface area contributed by atoms with Crippen LogP contribution in [0.15, 0.2) is 30.0 Å². The Morgan fingerprint density at radius 2 is 1.73 bits per heavy atom. The van der Waals surface area contributed by atoms with E-state index in [0.29, 0.717) is 58.1 Å². The molecule has 2 aliphatic heterocycles. The van der Waals surface area contributed by atoms with Crippen molar-refractivity contribution in [3.63, 3.8) is 0 Å². The Kier molecular flexibility index (Phi) is 6.51. The lowest BCUT2D eigenvalue weighted by atomic mass is 9.91. The lowest BCUT2D eigenvalue weighted by molar-refractivity contribution is 0.101. The Balaban J connectivity index is 1.68. The van der Waals surface area contributed by atoms with Crippen LogP contribution in [0, 0.1) is 11.8 Å². The first-order valence-electron chi connectivity index (χ1n) is 11.2. The smallest absolute Gasteiger partial charge is 0.231 e. The largest absolute Gasteiger partial charge is 0.507 e. The second kappa shape index (κ2) is 9.35. The second-order valence-corrected chi connectivity index (χ2v) is 8.94. The van der Waals surface area contributed by atoms with Gasteiger partial charge in [0, 0.05) is 25.2 Å². The molecule has 2 aliphatic rings. The molecule has 1 N–H and O–H groups in total. The van der Waals surface area contributed by atoms with Crippen LogP contribution in [0.1, 0.15) is 41.8 Å². The lowest BCUT2D eigenvalue weighted by Crippen LogP contribution is -2.38. The molecular formula is C26H31NO6. The first kappa shape index (κ1) is 23.0. The van der Waals surface area contributed by atoms with Gasteiger partial charge in [-0.05, 0) is 48.6 Å². The number of aromatic hydroxyl groups is 1. The number of benzene rings is 2. The molecule has 0 radical (unpaired) electrons. The number of likely N-dealkylation sites (tertiary alicyclic amines) is 1. The van der Waals surface area contributed by atoms with Gasteiger partial charge in [-0.2, -0.15) is 0 Å². The maximum Gasteiger partial charge on any atom is 0.231 e. The molecule has 2 heterocycles. The minimum atomic E-state index is -0.233. The van der Waals surface area contributed by atoms with Crippen LogP contribution < -0.4 is 18.9 Å². The van der Waals surface area contributed by atoms with Crippen molar-refractivity contribution >= 4 is 11.9 Å². The molecule has 0 saturated carbocycles. The first-order chi connectivity index (χ1) is 15.9. The molecule has 0 aliphatic carbocycles. The number of carbonyl (C=O) groups excluding carboxylic acids is 1. The number of Topliss-reactive ketones (excluding diaryl/α,β-unsaturated/α-hetero) is 1. The van der Waals surface area contributed by atoms with E-state index >= 15 is 0 Å². The van der Waals surface area contributed by atoms with Crippen molar-refractivity contribution in [3.8, 4) is 28.7 Å². The number of phenols is 1. The summed E-state index contributed by atoms with van der Waals surface area (Å²) in [5.41, 5.74) is 1.71. The highest BCUT2D eigenvalue weighted by Gasteiger charge is 2.33. The van der Waals surface area contributed by atoms with Crippen molar-refractivity contribution in [1.29, 1.82) is 0 Å². The third kappa shape index (κ3) is 4.37. The predicted molar refractivity (Wildman–Crippen MR) is 125 cm³/mol. The van der Waals surface area contributed by atoms with Gasteiger partial charge < -0.3 is 24.1 Å². The van der Waals surface area contributed by atoms with Crippen molar-refractivity contribution in [2.75, 3.05) is 34.4 Å². The summed E-state index contributed by atoms with van der Waals surface area (Å²) in [5, 5.41) is 10.6. The summed E-state index contributed by atoms with van der Waals surface area (Å²) in [6.07, 6.45) is 2.83. The zero-order chi connectivity index (χ0) is 23.7. The van der Waals surface area contributed by atoms with E-state index in [1.165, 1.54) is 20.6 Å². The van der Waals surface area contributed by atoms with Crippen molar-refractivity contribution in [1.82, 2.24) is 4.90 Å². The lowest BCUT2D eigenvalue weighted by Gasteiger charge is -2.35. The molecule has 2 atom stereocenters. The van der Waals surface area contributed by atoms with Gasteiger partial charge in [-0.3, -0.25) is 9.69 Å². The van der Waals surface area contributed by atoms with Gasteiger partial charge in [0.25, 0.3) is 0 Å². The number of hydrogen-bond donors (Lipinski definition) is 1. The van der Waals surface area contributed by atoms with Gasteiger partial charge in [-0.1, -0.05) is 13.8 Å². The summed E-state index contributed by atoms with van der Waals surface area (Å²) >= 11 is 0. The van der Waals surface area contributed by atoms with Gasteiger partial charge in [0.05, 0.1) is 32.5 Å². The number of carbonyl (C=O) groups is 1. The van der Waals surface area contributed by atoms with Crippen LogP contribution >= 0.6 is 0 Å². The monoisotopic (exact) mass is 453 g/mol. The molecule has 2 aromatic carbocycles. The molecule has 7 nitrogen and oxygen atoms in total. The number of methoxy groups -OCH3 is 3. The highest BCUT2D eigenvalue weighted by Crippen LogP contribution is 2.44. The number of rotatable bonds is 6. The fraction of sp³-hybridized carbons (Fsp3) is 0.423. The summed E-state index contributed by atoms with van der Waals surface area (Å²) in [6, 6.07) is 6.72. The molecule has 0 spiro atoms. The highest BCUT2D eigenvalue weighted by molar-refractivity contribution is 6.15. The summed E-state index contributed by atoms with van der Waals surface area (Å²) in [5.74, 6) is 3.07. The highest BCUT2D eigenvalue weighted by atomic mass is 16.5. The first-order valence-corrected chi connectivity index (χ1v) is 11.2. The van der Waals surface area contributed by atoms with E-state index in [2.05, 4.69) is 18.7 Å². The summed E-state index contributed by atoms with van der Waals surface area (Å²) in [4.78, 5) is 15.5. The van der Waals surface area contributed by atoms with E-state index in [4.69, 9.17) is 18.9 Å². The molecule has 1 saturated heterocycles. The zero-order valence-electron chi connectivity index (χ0n) is 19.8. The minimum absolute atomic E-state index is 0.136. The number of ketones is 1. The summed E-state index contributed by atoms with van der Waals surface area (Å²) in [7, 11) is 4.61. The fourth-order valence-electron chi connectivity index (χ4n) is 4.97. The number of phenolic OH excluding ortho intramolecular Hbond substituents is 1. The molecule has 0 aromatic heterocycles. The van der Waals surface area contributed by atoms with Crippen molar-refractivity contribution in [2.24, 2.45) is 11.8 Å². The third-order valence-corrected chi connectivity index (χ3v) is 6.26. The number of allylic oxidation sites excluding steroid dienone is 1. The Morgan fingerprint density at radius 3 is 2.36 bits per heavy atom. The van der Waals surface area contributed by atoms with Crippen molar-refractivity contribution in [3.05, 3.63) is 46.7 Å². The number of hydrogen-bond acceptors (Lipinski definition) is 7. The van der Waals surface area contributed by atoms with Gasteiger partial charge in [0.2, 0.25) is 11.5 Å². The van der Waals surface area contributed by atoms with E-state index in [1.807, 2.05) is 0 Å². The standard InChI is InChI=1S/C26H31NO6/c1-15-10-16(2)13-27(12-15)14-19-20(28)8-7-18-23(29)22(33-25(18)19)11-17-6-9-21(30-3)26(32-5)24(17)31-4/h6-9,11,15-16,28H,10,12-14H2,1-5H3/b22-11-/t15-,16+. The summed E-state index contributed by atoms with van der Waals surface area (Å²) in [6.45, 7) is 6.93. The average Bonchev–Trinajstić information content (AvgIpc) is 3.10. The Labute approximate surface area is 194 Å². The van der Waals surface area contributed by atoms with Gasteiger partial charge in [-0.15, -0.1) is 0 Å². The number of ether oxygens (including phenoxy) is 4. The van der Waals surface area contributed by atoms with E-state index in [0.717, 1.165) is 13.1 Å². The maximum absolute atomic E-state index is 13.2. The van der Waals surface area contributed by atoms with Crippen LogP contribution in [0.4, 0.5) is 0 Å². The molecular weight excluding hydrogens is 422 g/mol. The van der Waals surface area contributed by atoms with Crippen molar-refractivity contribution < 1.29 is 28.8 Å². The molecule has 1 fully saturated rings. The van der Waals surface area contributed by atoms with Gasteiger partial charge in [0.15, 0.2) is 17.3 Å². The SMILES string of the molecule is COc1ccc(/C=C2\Oc3c(ccc(O)c3CN3C[C@H](C)C[C@H](C)C3)C2=O)c(OC)c1OC. The second-order valence-electron chi connectivity index (χ2n) is 8.94. The van der Waals surface area contributed by atoms with E-state index in [-0.39, 0.29) is 17.3 Å². The zero-order valence-corrected chi connectivity index (χ0v) is 19.8. The Morgan fingerprint density at radius 1 is 1.03 bits per heavy atom. The molecule has 2 aromatic rings. The van der Waals surface area contributed by atoms with Crippen LogP contribution in [0.5, 0.6) is 28.7 Å². The molecule has 0 unspecified atom stereocenters. The number of piperidine rings is 1. The van der Waals surface area contributed by atoms with Gasteiger partial charge in [-0.25, -0.2) is 0 Å². The van der Waals surface area contributed by atoms with Crippen LogP contribution in [0.3, 0.4) is 0 Å². The molecule has 176 valence electrons. The number of nitrogens with zero attached hydrogens (tertiary/aromatic N) is 1. The molecule has 0 amide bonds. The molecule has 0 bridgehead atoms. The molecule has 7 heteroatoms. The minimum Gasteiger partial charge on any atom is -0.507 e. The van der Waals surface area contributed by atoms with Crippen LogP contribution in [-0.2, 0) is 6.54 Å². The quantitative estimate of drug-likeness (QED) is 0.645. The van der Waals surface area contributed by atoms with Crippen LogP contribution in [0.25, 0.3) is 6.08 Å². The maximum atomic E-state index is 13.2. The van der Waals surface area contributed by atoms with E-state index < -0.39 is 0 Å². The van der Waals surface area contributed by atoms with Crippen molar-refractivity contribution in [2.45, 2.75) is 26.8 Å². The predicted octanol–water partition coefficient (Wildman–Crippen LogP) is 4.51. The topological polar surface area (TPSA) is 77.5 Å². The number of fused-ring (bicyclic) bond motifs is 1. The van der Waals surface area contributed by atoms with E-state index in [1.54, 1.807) is 37.5 Å². The Hall–Kier alpha value is -3.19. The van der Waals surface area contributed by atoms with E-state index in [9.17, 15) is 9.90 Å². The average molecular weight is 454 g/mol. The van der Waals surface area contributed by atoms with Crippen LogP contribution in [-0.4, -0.2) is 50.2 Å². The molecule has 33 heavy (non-hydrogen) atoms. The third-order valence-electron chi connectivity index (χ3n) is 6.26. The fourth-order valence-corrected chi connectivity index (χ4v) is 4.97. The summed E-state index contributed by atoms with van der Waals surface area (Å²) < 4.78 is 22.4. The van der Waals surface area contributed by atoms with Gasteiger partial charge in [0.1, 0.15) is 11.5 Å². The normalized spacial score (nSPS) is 21.6. The van der Waals surface area contributed by atoms with Gasteiger partial charge >= 0.3 is 0 Å². The molecule has 4 rings (SSSR count). The Bertz CT molecular complexity index is 1080. The van der Waals surface area contributed by atoms with Crippen LogP contribution in [0.2, 0.25) is 0 Å².